The number of carbonyl (C=O) groups is 1. The maximum atomic E-state index is 12.5. The number of ether oxygens (including phenoxy) is 2. The highest BCUT2D eigenvalue weighted by molar-refractivity contribution is 7.99. The first-order valence-electron chi connectivity index (χ1n) is 9.12. The molecule has 142 valence electrons. The van der Waals surface area contributed by atoms with E-state index in [1.807, 2.05) is 23.1 Å². The second kappa shape index (κ2) is 8.47. The number of thioether (sulfide) groups is 1. The molecule has 1 unspecified atom stereocenters. The Labute approximate surface area is 162 Å². The van der Waals surface area contributed by atoms with E-state index in [1.165, 1.54) is 11.8 Å². The van der Waals surface area contributed by atoms with Crippen molar-refractivity contribution in [1.82, 2.24) is 14.9 Å². The van der Waals surface area contributed by atoms with Crippen LogP contribution < -0.4 is 14.8 Å². The number of anilines is 1. The van der Waals surface area contributed by atoms with E-state index < -0.39 is 0 Å². The minimum Gasteiger partial charge on any atom is -0.486 e. The molecule has 27 heavy (non-hydrogen) atoms. The average molecular weight is 386 g/mol. The number of hydrogen-bond donors (Lipinski definition) is 1. The number of fused-ring (bicyclic) bond motifs is 1. The van der Waals surface area contributed by atoms with Crippen LogP contribution in [0.5, 0.6) is 11.5 Å². The summed E-state index contributed by atoms with van der Waals surface area (Å²) in [5.74, 6) is 2.04. The fourth-order valence-corrected chi connectivity index (χ4v) is 3.97. The second-order valence-electron chi connectivity index (χ2n) is 6.50. The third-order valence-electron chi connectivity index (χ3n) is 4.55. The van der Waals surface area contributed by atoms with Crippen molar-refractivity contribution in [2.45, 2.75) is 24.0 Å². The highest BCUT2D eigenvalue weighted by atomic mass is 32.2. The molecule has 4 rings (SSSR count). The zero-order valence-electron chi connectivity index (χ0n) is 15.0. The van der Waals surface area contributed by atoms with Crippen molar-refractivity contribution in [3.05, 3.63) is 36.7 Å². The minimum atomic E-state index is 0.126. The fraction of sp³-hybridized carbons (Fsp3) is 0.421. The smallest absolute Gasteiger partial charge is 0.233 e. The quantitative estimate of drug-likeness (QED) is 0.625. The Morgan fingerprint density at radius 3 is 2.89 bits per heavy atom. The Balaban J connectivity index is 1.32. The first-order chi connectivity index (χ1) is 13.3. The van der Waals surface area contributed by atoms with Gasteiger partial charge in [-0.1, -0.05) is 11.8 Å². The molecule has 1 N–H and O–H groups in total. The Bertz CT molecular complexity index is 790. The molecule has 1 atom stereocenters. The van der Waals surface area contributed by atoms with Crippen molar-refractivity contribution in [2.75, 3.05) is 37.4 Å². The van der Waals surface area contributed by atoms with Crippen molar-refractivity contribution in [2.24, 2.45) is 0 Å². The lowest BCUT2D eigenvalue weighted by atomic mass is 10.1. The van der Waals surface area contributed by atoms with Crippen LogP contribution in [0.2, 0.25) is 0 Å². The normalized spacial score (nSPS) is 18.8. The van der Waals surface area contributed by atoms with E-state index >= 15 is 0 Å². The van der Waals surface area contributed by atoms with Gasteiger partial charge < -0.3 is 19.7 Å². The van der Waals surface area contributed by atoms with Crippen LogP contribution in [0.4, 0.5) is 5.69 Å². The molecular formula is C19H22N4O3S. The number of benzene rings is 1. The van der Waals surface area contributed by atoms with Crippen LogP contribution in [-0.4, -0.2) is 58.9 Å². The third-order valence-corrected chi connectivity index (χ3v) is 5.41. The van der Waals surface area contributed by atoms with Gasteiger partial charge in [0, 0.05) is 43.3 Å². The summed E-state index contributed by atoms with van der Waals surface area (Å²) in [6.07, 6.45) is 5.40. The Kier molecular flexibility index (Phi) is 5.62. The molecule has 0 spiro atoms. The first-order valence-corrected chi connectivity index (χ1v) is 10.1. The number of aromatic nitrogens is 2. The van der Waals surface area contributed by atoms with Crippen LogP contribution in [0.25, 0.3) is 0 Å². The van der Waals surface area contributed by atoms with Gasteiger partial charge in [-0.2, -0.15) is 0 Å². The van der Waals surface area contributed by atoms with Crippen LogP contribution in [0, 0.1) is 0 Å². The highest BCUT2D eigenvalue weighted by Crippen LogP contribution is 2.33. The fourth-order valence-electron chi connectivity index (χ4n) is 3.27. The van der Waals surface area contributed by atoms with E-state index in [2.05, 4.69) is 15.3 Å². The van der Waals surface area contributed by atoms with Crippen molar-refractivity contribution in [3.8, 4) is 11.5 Å². The lowest BCUT2D eigenvalue weighted by molar-refractivity contribution is -0.129. The van der Waals surface area contributed by atoms with E-state index in [0.717, 1.165) is 36.6 Å². The first kappa shape index (κ1) is 17.9. The molecule has 2 aliphatic heterocycles. The summed E-state index contributed by atoms with van der Waals surface area (Å²) >= 11 is 1.38. The number of nitrogens with one attached hydrogen (secondary N) is 1. The van der Waals surface area contributed by atoms with E-state index in [-0.39, 0.29) is 11.9 Å². The summed E-state index contributed by atoms with van der Waals surface area (Å²) in [6, 6.07) is 7.89. The topological polar surface area (TPSA) is 76.6 Å². The molecule has 0 radical (unpaired) electrons. The standard InChI is InChI=1S/C19H22N4O3S/c24-18(13-27-19-20-6-2-7-21-19)23-8-1-3-15(12-23)22-14-4-5-16-17(11-14)26-10-9-25-16/h2,4-7,11,15,22H,1,3,8-10,12-13H2. The number of rotatable bonds is 5. The summed E-state index contributed by atoms with van der Waals surface area (Å²) < 4.78 is 11.2. The van der Waals surface area contributed by atoms with Crippen molar-refractivity contribution >= 4 is 23.4 Å². The molecule has 2 aliphatic rings. The number of amides is 1. The summed E-state index contributed by atoms with van der Waals surface area (Å²) in [5.41, 5.74) is 0.991. The summed E-state index contributed by atoms with van der Waals surface area (Å²) in [7, 11) is 0. The molecule has 8 heteroatoms. The Hall–Kier alpha value is -2.48. The van der Waals surface area contributed by atoms with Gasteiger partial charge >= 0.3 is 0 Å². The maximum Gasteiger partial charge on any atom is 0.233 e. The zero-order valence-corrected chi connectivity index (χ0v) is 15.8. The molecule has 1 aromatic carbocycles. The number of piperidine rings is 1. The van der Waals surface area contributed by atoms with Crippen LogP contribution >= 0.6 is 11.8 Å². The lowest BCUT2D eigenvalue weighted by Gasteiger charge is -2.34. The predicted molar refractivity (Wildman–Crippen MR) is 103 cm³/mol. The zero-order chi connectivity index (χ0) is 18.5. The molecular weight excluding hydrogens is 364 g/mol. The minimum absolute atomic E-state index is 0.126. The van der Waals surface area contributed by atoms with Crippen LogP contribution in [-0.2, 0) is 4.79 Å². The monoisotopic (exact) mass is 386 g/mol. The number of carbonyl (C=O) groups excluding carboxylic acids is 1. The summed E-state index contributed by atoms with van der Waals surface area (Å²) in [6.45, 7) is 2.66. The van der Waals surface area contributed by atoms with Gasteiger partial charge in [-0.05, 0) is 31.0 Å². The molecule has 2 aromatic rings. The average Bonchev–Trinajstić information content (AvgIpc) is 2.73. The number of hydrogen-bond acceptors (Lipinski definition) is 7. The van der Waals surface area contributed by atoms with E-state index in [0.29, 0.717) is 30.7 Å². The second-order valence-corrected chi connectivity index (χ2v) is 7.44. The van der Waals surface area contributed by atoms with Gasteiger partial charge in [0.1, 0.15) is 13.2 Å². The SMILES string of the molecule is O=C(CSc1ncccn1)N1CCCC(Nc2ccc3c(c2)OCCO3)C1. The number of likely N-dealkylation sites (tertiary alicyclic amines) is 1. The molecule has 1 amide bonds. The molecule has 1 saturated heterocycles. The van der Waals surface area contributed by atoms with E-state index in [9.17, 15) is 4.79 Å². The molecule has 0 bridgehead atoms. The Morgan fingerprint density at radius 1 is 1.22 bits per heavy atom. The van der Waals surface area contributed by atoms with Crippen molar-refractivity contribution in [1.29, 1.82) is 0 Å². The third kappa shape index (κ3) is 4.63. The van der Waals surface area contributed by atoms with Gasteiger partial charge in [0.15, 0.2) is 16.7 Å². The van der Waals surface area contributed by atoms with Gasteiger partial charge in [0.25, 0.3) is 0 Å². The van der Waals surface area contributed by atoms with Gasteiger partial charge in [0.05, 0.1) is 5.75 Å². The molecule has 0 aliphatic carbocycles. The predicted octanol–water partition coefficient (Wildman–Crippen LogP) is 2.44. The van der Waals surface area contributed by atoms with Crippen molar-refractivity contribution < 1.29 is 14.3 Å². The van der Waals surface area contributed by atoms with Crippen LogP contribution in [0.3, 0.4) is 0 Å². The maximum absolute atomic E-state index is 12.5. The van der Waals surface area contributed by atoms with Crippen molar-refractivity contribution in [3.63, 3.8) is 0 Å². The van der Waals surface area contributed by atoms with Crippen LogP contribution in [0.1, 0.15) is 12.8 Å². The van der Waals surface area contributed by atoms with E-state index in [1.54, 1.807) is 18.5 Å². The van der Waals surface area contributed by atoms with Crippen LogP contribution in [0.15, 0.2) is 41.8 Å². The largest absolute Gasteiger partial charge is 0.486 e. The van der Waals surface area contributed by atoms with Gasteiger partial charge in [0.2, 0.25) is 5.91 Å². The van der Waals surface area contributed by atoms with Gasteiger partial charge in [-0.15, -0.1) is 0 Å². The highest BCUT2D eigenvalue weighted by Gasteiger charge is 2.24. The Morgan fingerprint density at radius 2 is 2.04 bits per heavy atom. The summed E-state index contributed by atoms with van der Waals surface area (Å²) in [4.78, 5) is 22.8. The van der Waals surface area contributed by atoms with E-state index in [4.69, 9.17) is 9.47 Å². The van der Waals surface area contributed by atoms with Gasteiger partial charge in [-0.25, -0.2) is 9.97 Å². The summed E-state index contributed by atoms with van der Waals surface area (Å²) in [5, 5.41) is 4.16. The molecule has 3 heterocycles. The molecule has 1 fully saturated rings. The molecule has 0 saturated carbocycles. The molecule has 1 aromatic heterocycles. The van der Waals surface area contributed by atoms with Gasteiger partial charge in [-0.3, -0.25) is 4.79 Å². The number of nitrogens with zero attached hydrogens (tertiary/aromatic N) is 3. The molecule has 7 nitrogen and oxygen atoms in total. The lowest BCUT2D eigenvalue weighted by Crippen LogP contribution is -2.45.